The van der Waals surface area contributed by atoms with Crippen molar-refractivity contribution in [3.8, 4) is 0 Å². The van der Waals surface area contributed by atoms with Crippen molar-refractivity contribution in [3.05, 3.63) is 21.6 Å². The molecule has 0 atom stereocenters. The molecule has 6 nitrogen and oxygen atoms in total. The highest BCUT2D eigenvalue weighted by molar-refractivity contribution is 7.11. The van der Waals surface area contributed by atoms with Crippen LogP contribution in [0.15, 0.2) is 5.38 Å². The third-order valence-electron chi connectivity index (χ3n) is 3.25. The van der Waals surface area contributed by atoms with Gasteiger partial charge in [0.2, 0.25) is 0 Å². The van der Waals surface area contributed by atoms with E-state index in [9.17, 15) is 4.79 Å². The Morgan fingerprint density at radius 3 is 2.95 bits per heavy atom. The van der Waals surface area contributed by atoms with Gasteiger partial charge in [-0.1, -0.05) is 0 Å². The van der Waals surface area contributed by atoms with Crippen LogP contribution < -0.4 is 16.0 Å². The van der Waals surface area contributed by atoms with Crippen LogP contribution in [0.4, 0.5) is 10.8 Å². The summed E-state index contributed by atoms with van der Waals surface area (Å²) in [5.41, 5.74) is 7.35. The number of aryl methyl sites for hydroxylation is 1. The van der Waals surface area contributed by atoms with Crippen molar-refractivity contribution in [2.75, 3.05) is 17.7 Å². The predicted octanol–water partition coefficient (Wildman–Crippen LogP) is 2.02. The lowest BCUT2D eigenvalue weighted by molar-refractivity contribution is 0.0952. The van der Waals surface area contributed by atoms with Gasteiger partial charge in [-0.25, -0.2) is 4.98 Å². The lowest BCUT2D eigenvalue weighted by atomic mass is 10.2. The van der Waals surface area contributed by atoms with Gasteiger partial charge in [0.05, 0.1) is 17.2 Å². The van der Waals surface area contributed by atoms with Gasteiger partial charge in [0.15, 0.2) is 5.82 Å². The molecule has 0 spiro atoms. The molecule has 0 radical (unpaired) electrons. The molecule has 3 N–H and O–H groups in total. The van der Waals surface area contributed by atoms with Gasteiger partial charge in [0, 0.05) is 18.5 Å². The number of amides is 1. The number of nitrogens with one attached hydrogen (secondary N) is 1. The molecule has 0 bridgehead atoms. The number of hydrogen-bond acceptors (Lipinski definition) is 7. The Morgan fingerprint density at radius 1 is 1.57 bits per heavy atom. The van der Waals surface area contributed by atoms with Crippen LogP contribution in [0.1, 0.15) is 33.9 Å². The molecule has 0 aliphatic heterocycles. The van der Waals surface area contributed by atoms with Crippen LogP contribution in [0.5, 0.6) is 0 Å². The van der Waals surface area contributed by atoms with Crippen molar-refractivity contribution in [2.45, 2.75) is 32.4 Å². The minimum Gasteiger partial charge on any atom is -0.382 e. The SMILES string of the molecule is Cc1nc(CN(C)c2snc(N)c2C(=O)NC2CC2)cs1. The Bertz CT molecular complexity index is 661. The van der Waals surface area contributed by atoms with Crippen molar-refractivity contribution in [1.29, 1.82) is 0 Å². The number of anilines is 2. The van der Waals surface area contributed by atoms with Gasteiger partial charge in [-0.2, -0.15) is 4.37 Å². The quantitative estimate of drug-likeness (QED) is 0.879. The van der Waals surface area contributed by atoms with Crippen LogP contribution in [0.3, 0.4) is 0 Å². The summed E-state index contributed by atoms with van der Waals surface area (Å²) in [7, 11) is 1.93. The van der Waals surface area contributed by atoms with E-state index < -0.39 is 0 Å². The third-order valence-corrected chi connectivity index (χ3v) is 5.05. The van der Waals surface area contributed by atoms with Crippen LogP contribution in [0.25, 0.3) is 0 Å². The minimum absolute atomic E-state index is 0.125. The van der Waals surface area contributed by atoms with E-state index in [4.69, 9.17) is 5.73 Å². The second-order valence-corrected chi connectivity index (χ2v) is 7.02. The minimum atomic E-state index is -0.125. The van der Waals surface area contributed by atoms with E-state index in [0.29, 0.717) is 24.0 Å². The number of carbonyl (C=O) groups excluding carboxylic acids is 1. The molecule has 2 heterocycles. The molecule has 8 heteroatoms. The first kappa shape index (κ1) is 14.3. The summed E-state index contributed by atoms with van der Waals surface area (Å²) in [6.07, 6.45) is 2.10. The molecule has 3 rings (SSSR count). The molecule has 1 fully saturated rings. The van der Waals surface area contributed by atoms with Crippen LogP contribution >= 0.6 is 22.9 Å². The highest BCUT2D eigenvalue weighted by atomic mass is 32.1. The van der Waals surface area contributed by atoms with Gasteiger partial charge in [-0.05, 0) is 31.3 Å². The average molecular weight is 323 g/mol. The lowest BCUT2D eigenvalue weighted by Gasteiger charge is -2.17. The molecular formula is C13H17N5OS2. The van der Waals surface area contributed by atoms with Gasteiger partial charge < -0.3 is 16.0 Å². The first-order valence-corrected chi connectivity index (χ1v) is 8.38. The maximum Gasteiger partial charge on any atom is 0.258 e. The molecule has 112 valence electrons. The standard InChI is InChI=1S/C13H17N5OS2/c1-7-15-9(6-20-7)5-18(2)13-10(11(14)17-21-13)12(19)16-8-3-4-8/h6,8H,3-5H2,1-2H3,(H2,14,17)(H,16,19). The fraction of sp³-hybridized carbons (Fsp3) is 0.462. The Morgan fingerprint density at radius 2 is 2.33 bits per heavy atom. The van der Waals surface area contributed by atoms with Crippen LogP contribution in [0.2, 0.25) is 0 Å². The number of aromatic nitrogens is 2. The molecule has 1 aliphatic carbocycles. The van der Waals surface area contributed by atoms with E-state index in [1.165, 1.54) is 11.5 Å². The highest BCUT2D eigenvalue weighted by Crippen LogP contribution is 2.31. The summed E-state index contributed by atoms with van der Waals surface area (Å²) < 4.78 is 4.13. The number of carbonyl (C=O) groups is 1. The average Bonchev–Trinajstić information content (AvgIpc) is 3.01. The smallest absolute Gasteiger partial charge is 0.258 e. The maximum absolute atomic E-state index is 12.3. The van der Waals surface area contributed by atoms with Crippen molar-refractivity contribution >= 4 is 39.6 Å². The molecule has 2 aromatic rings. The van der Waals surface area contributed by atoms with Crippen molar-refractivity contribution < 1.29 is 4.79 Å². The van der Waals surface area contributed by atoms with Crippen LogP contribution in [-0.4, -0.2) is 28.4 Å². The fourth-order valence-electron chi connectivity index (χ4n) is 2.05. The summed E-state index contributed by atoms with van der Waals surface area (Å²) in [5, 5.41) is 6.82. The predicted molar refractivity (Wildman–Crippen MR) is 86.0 cm³/mol. The summed E-state index contributed by atoms with van der Waals surface area (Å²) in [4.78, 5) is 18.7. The van der Waals surface area contributed by atoms with Gasteiger partial charge >= 0.3 is 0 Å². The normalized spacial score (nSPS) is 14.2. The Hall–Kier alpha value is -1.67. The zero-order valence-corrected chi connectivity index (χ0v) is 13.6. The largest absolute Gasteiger partial charge is 0.382 e. The van der Waals surface area contributed by atoms with Gasteiger partial charge in [-0.15, -0.1) is 11.3 Å². The number of hydrogen-bond donors (Lipinski definition) is 2. The van der Waals surface area contributed by atoms with Crippen LogP contribution in [-0.2, 0) is 6.54 Å². The first-order valence-electron chi connectivity index (χ1n) is 6.72. The lowest BCUT2D eigenvalue weighted by Crippen LogP contribution is -2.28. The van der Waals surface area contributed by atoms with E-state index >= 15 is 0 Å². The Labute approximate surface area is 131 Å². The van der Waals surface area contributed by atoms with Gasteiger partial charge in [0.25, 0.3) is 5.91 Å². The molecule has 1 aliphatic rings. The second kappa shape index (κ2) is 5.61. The Kier molecular flexibility index (Phi) is 3.81. The molecule has 21 heavy (non-hydrogen) atoms. The van der Waals surface area contributed by atoms with E-state index in [1.54, 1.807) is 11.3 Å². The first-order chi connectivity index (χ1) is 10.0. The zero-order valence-electron chi connectivity index (χ0n) is 11.9. The molecule has 2 aromatic heterocycles. The zero-order chi connectivity index (χ0) is 15.0. The third kappa shape index (κ3) is 3.16. The Balaban J connectivity index is 1.78. The molecule has 1 amide bonds. The summed E-state index contributed by atoms with van der Waals surface area (Å²) in [5.74, 6) is 0.175. The molecule has 0 saturated heterocycles. The van der Waals surface area contributed by atoms with E-state index in [1.807, 2.05) is 24.3 Å². The van der Waals surface area contributed by atoms with Gasteiger partial charge in [-0.3, -0.25) is 4.79 Å². The molecular weight excluding hydrogens is 306 g/mol. The van der Waals surface area contributed by atoms with Gasteiger partial charge in [0.1, 0.15) is 10.6 Å². The molecule has 0 aromatic carbocycles. The van der Waals surface area contributed by atoms with Crippen LogP contribution in [0, 0.1) is 6.92 Å². The molecule has 1 saturated carbocycles. The number of thiazole rings is 1. The maximum atomic E-state index is 12.3. The molecule has 0 unspecified atom stereocenters. The number of rotatable bonds is 5. The summed E-state index contributed by atoms with van der Waals surface area (Å²) >= 11 is 2.87. The second-order valence-electron chi connectivity index (χ2n) is 5.21. The van der Waals surface area contributed by atoms with E-state index in [-0.39, 0.29) is 5.91 Å². The highest BCUT2D eigenvalue weighted by Gasteiger charge is 2.28. The number of nitrogens with two attached hydrogens (primary N) is 1. The van der Waals surface area contributed by atoms with Crippen molar-refractivity contribution in [3.63, 3.8) is 0 Å². The van der Waals surface area contributed by atoms with Crippen molar-refractivity contribution in [1.82, 2.24) is 14.7 Å². The fourth-order valence-corrected chi connectivity index (χ4v) is 3.42. The monoisotopic (exact) mass is 323 g/mol. The van der Waals surface area contributed by atoms with E-state index in [2.05, 4.69) is 14.7 Å². The number of nitrogens with zero attached hydrogens (tertiary/aromatic N) is 3. The van der Waals surface area contributed by atoms with Crippen molar-refractivity contribution in [2.24, 2.45) is 0 Å². The topological polar surface area (TPSA) is 84.1 Å². The number of nitrogen functional groups attached to an aromatic ring is 1. The summed E-state index contributed by atoms with van der Waals surface area (Å²) in [6, 6.07) is 0.302. The van der Waals surface area contributed by atoms with E-state index in [0.717, 1.165) is 28.5 Å². The summed E-state index contributed by atoms with van der Waals surface area (Å²) in [6.45, 7) is 2.61.